The number of sulfonamides is 1. The van der Waals surface area contributed by atoms with Crippen LogP contribution < -0.4 is 19.2 Å². The lowest BCUT2D eigenvalue weighted by molar-refractivity contribution is -0.137. The average molecular weight is 618 g/mol. The molecule has 0 atom stereocenters. The third-order valence-electron chi connectivity index (χ3n) is 5.21. The highest BCUT2D eigenvalue weighted by Gasteiger charge is 2.34. The summed E-state index contributed by atoms with van der Waals surface area (Å²) in [6.07, 6.45) is -2.77. The van der Waals surface area contributed by atoms with E-state index in [1.165, 1.54) is 6.21 Å². The molecule has 214 valence electrons. The van der Waals surface area contributed by atoms with E-state index < -0.39 is 39.2 Å². The van der Waals surface area contributed by atoms with Crippen molar-refractivity contribution in [1.29, 1.82) is 0 Å². The lowest BCUT2D eigenvalue weighted by Gasteiger charge is -2.22. The Morgan fingerprint density at radius 3 is 2.35 bits per heavy atom. The molecule has 0 aliphatic rings. The molecule has 0 saturated carbocycles. The number of nitrogens with one attached hydrogen (secondary N) is 1. The van der Waals surface area contributed by atoms with Gasteiger partial charge in [-0.3, -0.25) is 9.10 Å². The molecular weight excluding hydrogens is 594 g/mol. The molecule has 14 heteroatoms. The summed E-state index contributed by atoms with van der Waals surface area (Å²) in [6.45, 7) is 1.61. The second kappa shape index (κ2) is 13.2. The number of nitrogens with zero attached hydrogens (tertiary/aromatic N) is 2. The highest BCUT2D eigenvalue weighted by molar-refractivity contribution is 7.92. The Bertz CT molecular complexity index is 1480. The Labute approximate surface area is 239 Å². The van der Waals surface area contributed by atoms with Crippen molar-refractivity contribution in [2.75, 3.05) is 23.7 Å². The van der Waals surface area contributed by atoms with Crippen LogP contribution in [0.5, 0.6) is 11.5 Å². The molecule has 40 heavy (non-hydrogen) atoms. The van der Waals surface area contributed by atoms with Gasteiger partial charge in [-0.2, -0.15) is 18.3 Å². The standard InChI is InChI=1S/C26H24Cl2F3N3O5S/c1-3-38-24-12-18(6-11-23(24)39-16-17-4-7-19(27)8-5-17)14-32-33-25(35)15-34(40(2,36)37)20-9-10-22(28)21(13-20)26(29,30)31/h4-14H,3,15-16H2,1-2H3,(H,33,35)/b32-14-. The molecule has 0 radical (unpaired) electrons. The molecule has 1 N–H and O–H groups in total. The maximum absolute atomic E-state index is 13.2. The van der Waals surface area contributed by atoms with Gasteiger partial charge in [-0.1, -0.05) is 35.3 Å². The van der Waals surface area contributed by atoms with E-state index in [0.717, 1.165) is 24.0 Å². The molecule has 3 aromatic carbocycles. The summed E-state index contributed by atoms with van der Waals surface area (Å²) in [4.78, 5) is 12.4. The van der Waals surface area contributed by atoms with Crippen LogP contribution in [0.15, 0.2) is 65.8 Å². The number of carbonyl (C=O) groups excluding carboxylic acids is 1. The quantitative estimate of drug-likeness (QED) is 0.213. The molecule has 0 aliphatic heterocycles. The van der Waals surface area contributed by atoms with Gasteiger partial charge in [0.15, 0.2) is 11.5 Å². The number of carbonyl (C=O) groups is 1. The van der Waals surface area contributed by atoms with Gasteiger partial charge in [0, 0.05) is 5.02 Å². The summed E-state index contributed by atoms with van der Waals surface area (Å²) in [7, 11) is -4.14. The second-order valence-electron chi connectivity index (χ2n) is 8.28. The lowest BCUT2D eigenvalue weighted by Crippen LogP contribution is -2.39. The molecule has 0 fully saturated rings. The van der Waals surface area contributed by atoms with Crippen molar-refractivity contribution in [3.8, 4) is 11.5 Å². The van der Waals surface area contributed by atoms with Crippen molar-refractivity contribution in [2.45, 2.75) is 19.7 Å². The molecule has 0 spiro atoms. The van der Waals surface area contributed by atoms with Gasteiger partial charge in [-0.15, -0.1) is 0 Å². The zero-order valence-corrected chi connectivity index (χ0v) is 23.5. The van der Waals surface area contributed by atoms with E-state index >= 15 is 0 Å². The largest absolute Gasteiger partial charge is 0.490 e. The van der Waals surface area contributed by atoms with E-state index in [2.05, 4.69) is 10.5 Å². The predicted octanol–water partition coefficient (Wildman–Crippen LogP) is 5.91. The number of ether oxygens (including phenoxy) is 2. The number of anilines is 1. The van der Waals surface area contributed by atoms with Crippen LogP contribution in [0.3, 0.4) is 0 Å². The minimum atomic E-state index is -4.82. The van der Waals surface area contributed by atoms with E-state index in [4.69, 9.17) is 32.7 Å². The van der Waals surface area contributed by atoms with Gasteiger partial charge >= 0.3 is 6.18 Å². The van der Waals surface area contributed by atoms with Crippen LogP contribution in [0, 0.1) is 0 Å². The Morgan fingerprint density at radius 1 is 1.02 bits per heavy atom. The third kappa shape index (κ3) is 8.77. The summed E-state index contributed by atoms with van der Waals surface area (Å²) in [5.74, 6) is 0.0132. The van der Waals surface area contributed by atoms with Gasteiger partial charge in [0.25, 0.3) is 5.91 Å². The van der Waals surface area contributed by atoms with Gasteiger partial charge in [-0.05, 0) is 66.6 Å². The van der Waals surface area contributed by atoms with Crippen LogP contribution >= 0.6 is 23.2 Å². The number of hydrogen-bond acceptors (Lipinski definition) is 6. The Morgan fingerprint density at radius 2 is 1.73 bits per heavy atom. The monoisotopic (exact) mass is 617 g/mol. The SMILES string of the molecule is CCOc1cc(/C=N\NC(=O)CN(c2ccc(Cl)c(C(F)(F)F)c2)S(C)(=O)=O)ccc1OCc1ccc(Cl)cc1. The minimum Gasteiger partial charge on any atom is -0.490 e. The fourth-order valence-corrected chi connectivity index (χ4v) is 4.56. The molecule has 0 heterocycles. The second-order valence-corrected chi connectivity index (χ2v) is 11.0. The molecule has 8 nitrogen and oxygen atoms in total. The highest BCUT2D eigenvalue weighted by Crippen LogP contribution is 2.37. The summed E-state index contributed by atoms with van der Waals surface area (Å²) in [5.41, 5.74) is 1.98. The van der Waals surface area contributed by atoms with E-state index in [-0.39, 0.29) is 12.3 Å². The number of amides is 1. The first-order chi connectivity index (χ1) is 18.8. The van der Waals surface area contributed by atoms with Gasteiger partial charge in [-0.25, -0.2) is 13.8 Å². The summed E-state index contributed by atoms with van der Waals surface area (Å²) >= 11 is 11.5. The first kappa shape index (κ1) is 31.1. The van der Waals surface area contributed by atoms with Gasteiger partial charge in [0.1, 0.15) is 13.2 Å². The van der Waals surface area contributed by atoms with Crippen molar-refractivity contribution < 1.29 is 35.9 Å². The van der Waals surface area contributed by atoms with Crippen LogP contribution in [0.2, 0.25) is 10.0 Å². The lowest BCUT2D eigenvalue weighted by atomic mass is 10.2. The predicted molar refractivity (Wildman–Crippen MR) is 148 cm³/mol. The number of benzene rings is 3. The van der Waals surface area contributed by atoms with Crippen molar-refractivity contribution in [3.63, 3.8) is 0 Å². The van der Waals surface area contributed by atoms with Crippen molar-refractivity contribution in [1.82, 2.24) is 5.43 Å². The number of hydrazone groups is 1. The van der Waals surface area contributed by atoms with Crippen molar-refractivity contribution >= 4 is 51.0 Å². The van der Waals surface area contributed by atoms with Crippen LogP contribution in [-0.4, -0.2) is 39.9 Å². The van der Waals surface area contributed by atoms with Crippen LogP contribution in [0.25, 0.3) is 0 Å². The number of alkyl halides is 3. The van der Waals surface area contributed by atoms with Crippen LogP contribution in [0.1, 0.15) is 23.6 Å². The average Bonchev–Trinajstić information content (AvgIpc) is 2.87. The van der Waals surface area contributed by atoms with Crippen molar-refractivity contribution in [2.24, 2.45) is 5.10 Å². The van der Waals surface area contributed by atoms with Gasteiger partial charge < -0.3 is 9.47 Å². The number of rotatable bonds is 11. The maximum Gasteiger partial charge on any atom is 0.417 e. The van der Waals surface area contributed by atoms with Crippen molar-refractivity contribution in [3.05, 3.63) is 87.4 Å². The smallest absolute Gasteiger partial charge is 0.417 e. The van der Waals surface area contributed by atoms with Gasteiger partial charge in [0.05, 0.1) is 35.4 Å². The molecule has 0 aromatic heterocycles. The molecule has 1 amide bonds. The fraction of sp³-hybridized carbons (Fsp3) is 0.231. The molecule has 3 rings (SSSR count). The number of hydrogen-bond donors (Lipinski definition) is 1. The van der Waals surface area contributed by atoms with Gasteiger partial charge in [0.2, 0.25) is 10.0 Å². The molecule has 0 saturated heterocycles. The minimum absolute atomic E-state index is 0.273. The summed E-state index contributed by atoms with van der Waals surface area (Å²) in [6, 6.07) is 14.7. The molecule has 0 unspecified atom stereocenters. The van der Waals surface area contributed by atoms with E-state index in [1.54, 1.807) is 37.3 Å². The van der Waals surface area contributed by atoms with Crippen LogP contribution in [0.4, 0.5) is 18.9 Å². The van der Waals surface area contributed by atoms with E-state index in [0.29, 0.717) is 39.1 Å². The van der Waals surface area contributed by atoms with Crippen LogP contribution in [-0.2, 0) is 27.6 Å². The summed E-state index contributed by atoms with van der Waals surface area (Å²) < 4.78 is 76.2. The number of halogens is 5. The zero-order valence-electron chi connectivity index (χ0n) is 21.2. The first-order valence-corrected chi connectivity index (χ1v) is 14.2. The first-order valence-electron chi connectivity index (χ1n) is 11.6. The zero-order chi connectivity index (χ0) is 29.5. The molecular formula is C26H24Cl2F3N3O5S. The van der Waals surface area contributed by atoms with E-state index in [1.807, 2.05) is 12.1 Å². The van der Waals surface area contributed by atoms with E-state index in [9.17, 15) is 26.4 Å². The molecule has 0 bridgehead atoms. The Balaban J connectivity index is 1.70. The summed E-state index contributed by atoms with van der Waals surface area (Å²) in [5, 5.41) is 3.82. The normalized spacial score (nSPS) is 11.9. The molecule has 3 aromatic rings. The fourth-order valence-electron chi connectivity index (χ4n) is 3.36. The Kier molecular flexibility index (Phi) is 10.3. The topological polar surface area (TPSA) is 97.3 Å². The highest BCUT2D eigenvalue weighted by atomic mass is 35.5. The Hall–Kier alpha value is -3.48. The molecule has 0 aliphatic carbocycles. The maximum atomic E-state index is 13.2. The third-order valence-corrected chi connectivity index (χ3v) is 6.93.